The Kier molecular flexibility index (Phi) is 5.12. The lowest BCUT2D eigenvalue weighted by atomic mass is 10.00. The van der Waals surface area contributed by atoms with Gasteiger partial charge in [-0.05, 0) is 29.7 Å². The van der Waals surface area contributed by atoms with Crippen LogP contribution in [-0.2, 0) is 17.8 Å². The first-order valence-corrected chi connectivity index (χ1v) is 8.40. The fraction of sp³-hybridized carbons (Fsp3) is 0.235. The zero-order valence-electron chi connectivity index (χ0n) is 12.3. The smallest absolute Gasteiger partial charge is 0.238 e. The van der Waals surface area contributed by atoms with E-state index in [1.807, 2.05) is 12.1 Å². The highest BCUT2D eigenvalue weighted by molar-refractivity contribution is 6.44. The van der Waals surface area contributed by atoms with Gasteiger partial charge in [-0.2, -0.15) is 0 Å². The minimum absolute atomic E-state index is 0.121. The first-order chi connectivity index (χ1) is 11.0. The second-order valence-corrected chi connectivity index (χ2v) is 6.75. The summed E-state index contributed by atoms with van der Waals surface area (Å²) >= 11 is 17.9. The molecule has 0 aliphatic carbocycles. The minimum atomic E-state index is -0.121. The predicted octanol–water partition coefficient (Wildman–Crippen LogP) is 4.64. The first-order valence-electron chi connectivity index (χ1n) is 7.26. The van der Waals surface area contributed by atoms with E-state index in [2.05, 4.69) is 22.3 Å². The molecule has 0 bridgehead atoms. The highest BCUT2D eigenvalue weighted by atomic mass is 35.5. The lowest BCUT2D eigenvalue weighted by Crippen LogP contribution is -2.37. The van der Waals surface area contributed by atoms with Crippen molar-refractivity contribution in [3.8, 4) is 0 Å². The summed E-state index contributed by atoms with van der Waals surface area (Å²) in [5.41, 5.74) is 3.11. The Morgan fingerprint density at radius 3 is 2.52 bits per heavy atom. The fourth-order valence-electron chi connectivity index (χ4n) is 2.70. The summed E-state index contributed by atoms with van der Waals surface area (Å²) in [5, 5.41) is 3.89. The SMILES string of the molecule is O=C(CN1CCc2ccccc2C1)Nc1cc(Cl)c(Cl)cc1Cl. The van der Waals surface area contributed by atoms with Crippen molar-refractivity contribution in [2.75, 3.05) is 18.4 Å². The van der Waals surface area contributed by atoms with Gasteiger partial charge >= 0.3 is 0 Å². The summed E-state index contributed by atoms with van der Waals surface area (Å²) in [6, 6.07) is 11.4. The van der Waals surface area contributed by atoms with Gasteiger partial charge in [0.15, 0.2) is 0 Å². The van der Waals surface area contributed by atoms with Crippen molar-refractivity contribution in [3.05, 3.63) is 62.6 Å². The van der Waals surface area contributed by atoms with Crippen molar-refractivity contribution >= 4 is 46.4 Å². The molecule has 0 saturated carbocycles. The van der Waals surface area contributed by atoms with Crippen LogP contribution >= 0.6 is 34.8 Å². The van der Waals surface area contributed by atoms with Gasteiger partial charge in [0.25, 0.3) is 0 Å². The van der Waals surface area contributed by atoms with Crippen LogP contribution in [0.1, 0.15) is 11.1 Å². The van der Waals surface area contributed by atoms with E-state index in [-0.39, 0.29) is 5.91 Å². The number of carbonyl (C=O) groups excluding carboxylic acids is 1. The lowest BCUT2D eigenvalue weighted by Gasteiger charge is -2.28. The van der Waals surface area contributed by atoms with Gasteiger partial charge in [0.2, 0.25) is 5.91 Å². The molecule has 0 radical (unpaired) electrons. The second-order valence-electron chi connectivity index (χ2n) is 5.52. The number of fused-ring (bicyclic) bond motifs is 1. The van der Waals surface area contributed by atoms with Crippen molar-refractivity contribution in [1.29, 1.82) is 0 Å². The highest BCUT2D eigenvalue weighted by Crippen LogP contribution is 2.32. The lowest BCUT2D eigenvalue weighted by molar-refractivity contribution is -0.117. The molecule has 1 amide bonds. The van der Waals surface area contributed by atoms with Gasteiger partial charge in [-0.15, -0.1) is 0 Å². The summed E-state index contributed by atoms with van der Waals surface area (Å²) in [6.45, 7) is 1.95. The molecule has 0 atom stereocenters. The van der Waals surface area contributed by atoms with Gasteiger partial charge in [-0.1, -0.05) is 59.1 Å². The van der Waals surface area contributed by atoms with E-state index in [9.17, 15) is 4.79 Å². The maximum Gasteiger partial charge on any atom is 0.238 e. The number of hydrogen-bond acceptors (Lipinski definition) is 2. The maximum atomic E-state index is 12.3. The number of anilines is 1. The largest absolute Gasteiger partial charge is 0.324 e. The van der Waals surface area contributed by atoms with Crippen LogP contribution in [0, 0.1) is 0 Å². The molecule has 1 N–H and O–H groups in total. The highest BCUT2D eigenvalue weighted by Gasteiger charge is 2.18. The fourth-order valence-corrected chi connectivity index (χ4v) is 3.29. The molecule has 0 fully saturated rings. The van der Waals surface area contributed by atoms with E-state index in [1.165, 1.54) is 17.2 Å². The van der Waals surface area contributed by atoms with Crippen molar-refractivity contribution in [3.63, 3.8) is 0 Å². The quantitative estimate of drug-likeness (QED) is 0.799. The molecule has 6 heteroatoms. The number of rotatable bonds is 3. The number of benzene rings is 2. The third kappa shape index (κ3) is 3.99. The van der Waals surface area contributed by atoms with E-state index in [1.54, 1.807) is 6.07 Å². The average Bonchev–Trinajstić information content (AvgIpc) is 2.52. The molecular formula is C17H15Cl3N2O. The van der Waals surface area contributed by atoms with Gasteiger partial charge in [0.1, 0.15) is 0 Å². The standard InChI is InChI=1S/C17H15Cl3N2O/c18-13-7-15(20)16(8-14(13)19)21-17(23)10-22-6-5-11-3-1-2-4-12(11)9-22/h1-4,7-8H,5-6,9-10H2,(H,21,23). The molecule has 2 aromatic rings. The predicted molar refractivity (Wildman–Crippen MR) is 95.5 cm³/mol. The number of halogens is 3. The zero-order valence-corrected chi connectivity index (χ0v) is 14.5. The topological polar surface area (TPSA) is 32.3 Å². The van der Waals surface area contributed by atoms with Crippen LogP contribution in [0.2, 0.25) is 15.1 Å². The molecule has 2 aromatic carbocycles. The molecule has 0 unspecified atom stereocenters. The Morgan fingerprint density at radius 1 is 1.04 bits per heavy atom. The Hall–Kier alpha value is -1.26. The summed E-state index contributed by atoms with van der Waals surface area (Å²) in [4.78, 5) is 14.4. The van der Waals surface area contributed by atoms with Gasteiger partial charge in [0.05, 0.1) is 27.3 Å². The Bertz CT molecular complexity index is 749. The maximum absolute atomic E-state index is 12.3. The van der Waals surface area contributed by atoms with Crippen molar-refractivity contribution in [2.45, 2.75) is 13.0 Å². The second kappa shape index (κ2) is 7.10. The van der Waals surface area contributed by atoms with Crippen LogP contribution in [0.5, 0.6) is 0 Å². The third-order valence-corrected chi connectivity index (χ3v) is 4.90. The van der Waals surface area contributed by atoms with Crippen LogP contribution in [-0.4, -0.2) is 23.9 Å². The molecule has 120 valence electrons. The molecule has 1 aliphatic rings. The van der Waals surface area contributed by atoms with Crippen LogP contribution < -0.4 is 5.32 Å². The molecule has 1 heterocycles. The summed E-state index contributed by atoms with van der Waals surface area (Å²) in [5.74, 6) is -0.121. The molecule has 3 rings (SSSR count). The Morgan fingerprint density at radius 2 is 1.74 bits per heavy atom. The molecular weight excluding hydrogens is 355 g/mol. The van der Waals surface area contributed by atoms with Crippen LogP contribution in [0.3, 0.4) is 0 Å². The van der Waals surface area contributed by atoms with E-state index in [0.29, 0.717) is 27.3 Å². The van der Waals surface area contributed by atoms with Crippen molar-refractivity contribution < 1.29 is 4.79 Å². The van der Waals surface area contributed by atoms with E-state index in [0.717, 1.165) is 19.5 Å². The first kappa shape index (κ1) is 16.6. The monoisotopic (exact) mass is 368 g/mol. The molecule has 0 spiro atoms. The molecule has 0 aromatic heterocycles. The molecule has 3 nitrogen and oxygen atoms in total. The normalized spacial score (nSPS) is 14.4. The van der Waals surface area contributed by atoms with Crippen molar-refractivity contribution in [1.82, 2.24) is 4.90 Å². The van der Waals surface area contributed by atoms with E-state index >= 15 is 0 Å². The summed E-state index contributed by atoms with van der Waals surface area (Å²) in [6.07, 6.45) is 0.955. The Balaban J connectivity index is 1.64. The number of nitrogens with zero attached hydrogens (tertiary/aromatic N) is 1. The van der Waals surface area contributed by atoms with Gasteiger partial charge in [-0.25, -0.2) is 0 Å². The number of carbonyl (C=O) groups is 1. The van der Waals surface area contributed by atoms with Crippen LogP contribution in [0.15, 0.2) is 36.4 Å². The summed E-state index contributed by atoms with van der Waals surface area (Å²) < 4.78 is 0. The zero-order chi connectivity index (χ0) is 16.4. The number of nitrogens with one attached hydrogen (secondary N) is 1. The van der Waals surface area contributed by atoms with Gasteiger partial charge in [0, 0.05) is 13.1 Å². The molecule has 23 heavy (non-hydrogen) atoms. The third-order valence-electron chi connectivity index (χ3n) is 3.86. The van der Waals surface area contributed by atoms with Gasteiger partial charge in [-0.3, -0.25) is 9.69 Å². The minimum Gasteiger partial charge on any atom is -0.324 e. The summed E-state index contributed by atoms with van der Waals surface area (Å²) in [7, 11) is 0. The van der Waals surface area contributed by atoms with Crippen molar-refractivity contribution in [2.24, 2.45) is 0 Å². The van der Waals surface area contributed by atoms with Crippen LogP contribution in [0.4, 0.5) is 5.69 Å². The number of hydrogen-bond donors (Lipinski definition) is 1. The number of amides is 1. The molecule has 1 aliphatic heterocycles. The molecule has 0 saturated heterocycles. The van der Waals surface area contributed by atoms with Crippen LogP contribution in [0.25, 0.3) is 0 Å². The van der Waals surface area contributed by atoms with Gasteiger partial charge < -0.3 is 5.32 Å². The Labute approximate surface area is 150 Å². The van der Waals surface area contributed by atoms with E-state index in [4.69, 9.17) is 34.8 Å². The van der Waals surface area contributed by atoms with E-state index < -0.39 is 0 Å². The average molecular weight is 370 g/mol.